The molecular weight excluding hydrogens is 222 g/mol. The minimum absolute atomic E-state index is 0.613. The summed E-state index contributed by atoms with van der Waals surface area (Å²) in [6, 6.07) is 12.3. The maximum Gasteiger partial charge on any atom is 0.137 e. The average Bonchev–Trinajstić information content (AvgIpc) is 2.61. The largest absolute Gasteiger partial charge is 0.488 e. The van der Waals surface area contributed by atoms with Crippen LogP contribution in [0, 0.1) is 0 Å². The van der Waals surface area contributed by atoms with Crippen LogP contribution in [0.3, 0.4) is 0 Å². The third-order valence-electron chi connectivity index (χ3n) is 3.32. The first-order chi connectivity index (χ1) is 8.93. The van der Waals surface area contributed by atoms with Crippen LogP contribution >= 0.6 is 0 Å². The smallest absolute Gasteiger partial charge is 0.137 e. The first kappa shape index (κ1) is 9.66. The van der Waals surface area contributed by atoms with Crippen molar-refractivity contribution in [2.75, 3.05) is 6.61 Å². The Morgan fingerprint density at radius 3 is 3.00 bits per heavy atom. The number of para-hydroxylation sites is 1. The molecule has 2 heteroatoms. The van der Waals surface area contributed by atoms with Crippen molar-refractivity contribution in [3.8, 4) is 16.9 Å². The Bertz CT molecular complexity index is 787. The molecule has 0 N–H and O–H groups in total. The summed E-state index contributed by atoms with van der Waals surface area (Å²) in [6.07, 6.45) is 6.14. The molecule has 4 rings (SSSR count). The van der Waals surface area contributed by atoms with E-state index in [9.17, 15) is 0 Å². The van der Waals surface area contributed by atoms with Gasteiger partial charge >= 0.3 is 0 Å². The fourth-order valence-corrected chi connectivity index (χ4v) is 2.50. The van der Waals surface area contributed by atoms with E-state index in [-0.39, 0.29) is 0 Å². The van der Waals surface area contributed by atoms with Crippen molar-refractivity contribution < 1.29 is 4.74 Å². The molecule has 2 aromatic carbocycles. The van der Waals surface area contributed by atoms with Crippen LogP contribution < -0.4 is 15.3 Å². The van der Waals surface area contributed by atoms with Crippen LogP contribution in [0.25, 0.3) is 17.2 Å². The number of nitrogens with zero attached hydrogens (tertiary/aromatic N) is 1. The summed E-state index contributed by atoms with van der Waals surface area (Å²) in [4.78, 5) is 4.64. The highest BCUT2D eigenvalue weighted by Crippen LogP contribution is 2.36. The number of fused-ring (bicyclic) bond motifs is 5. The molecule has 0 radical (unpaired) electrons. The highest BCUT2D eigenvalue weighted by atomic mass is 16.5. The van der Waals surface area contributed by atoms with Gasteiger partial charge in [0.05, 0.1) is 16.6 Å². The van der Waals surface area contributed by atoms with Gasteiger partial charge in [0.15, 0.2) is 0 Å². The lowest BCUT2D eigenvalue weighted by atomic mass is 10.0. The van der Waals surface area contributed by atoms with Gasteiger partial charge in [0.25, 0.3) is 0 Å². The minimum atomic E-state index is 0.613. The Balaban J connectivity index is 2.12. The van der Waals surface area contributed by atoms with Gasteiger partial charge in [-0.15, -0.1) is 0 Å². The van der Waals surface area contributed by atoms with Crippen LogP contribution in [0.15, 0.2) is 53.5 Å². The van der Waals surface area contributed by atoms with E-state index in [1.54, 1.807) is 0 Å². The zero-order valence-electron chi connectivity index (χ0n) is 9.76. The second-order valence-electron chi connectivity index (χ2n) is 4.41. The lowest BCUT2D eigenvalue weighted by Crippen LogP contribution is -2.14. The summed E-state index contributed by atoms with van der Waals surface area (Å²) in [5.74, 6) is 0.950. The Hall–Kier alpha value is -2.35. The van der Waals surface area contributed by atoms with Gasteiger partial charge in [-0.25, -0.2) is 4.99 Å². The molecule has 86 valence electrons. The number of allylic oxidation sites excluding steroid dienone is 1. The normalized spacial score (nSPS) is 14.4. The van der Waals surface area contributed by atoms with E-state index in [0.29, 0.717) is 6.61 Å². The molecule has 2 aromatic rings. The van der Waals surface area contributed by atoms with Crippen molar-refractivity contribution in [3.05, 3.63) is 59.1 Å². The van der Waals surface area contributed by atoms with Gasteiger partial charge in [0, 0.05) is 10.8 Å². The van der Waals surface area contributed by atoms with Gasteiger partial charge in [-0.3, -0.25) is 0 Å². The fourth-order valence-electron chi connectivity index (χ4n) is 2.50. The highest BCUT2D eigenvalue weighted by molar-refractivity contribution is 5.83. The number of ether oxygens (including phenoxy) is 1. The van der Waals surface area contributed by atoms with Gasteiger partial charge in [0.1, 0.15) is 12.4 Å². The first-order valence-electron chi connectivity index (χ1n) is 6.04. The van der Waals surface area contributed by atoms with Gasteiger partial charge in [-0.1, -0.05) is 30.4 Å². The van der Waals surface area contributed by atoms with Crippen LogP contribution in [0.1, 0.15) is 0 Å². The lowest BCUT2D eigenvalue weighted by Gasteiger charge is -2.08. The SMILES string of the molecule is C1=CCOc2c3c(ccc2=C1)=Nc1ccccc1-3. The Kier molecular flexibility index (Phi) is 1.92. The number of hydrogen-bond donors (Lipinski definition) is 0. The molecular formula is C16H11NO. The third kappa shape index (κ3) is 1.26. The minimum Gasteiger partial charge on any atom is -0.488 e. The quantitative estimate of drug-likeness (QED) is 0.584. The molecule has 18 heavy (non-hydrogen) atoms. The van der Waals surface area contributed by atoms with E-state index in [1.165, 1.54) is 5.56 Å². The van der Waals surface area contributed by atoms with Gasteiger partial charge in [0.2, 0.25) is 0 Å². The van der Waals surface area contributed by atoms with E-state index in [0.717, 1.165) is 27.6 Å². The van der Waals surface area contributed by atoms with Gasteiger partial charge in [-0.05, 0) is 24.3 Å². The van der Waals surface area contributed by atoms with Crippen molar-refractivity contribution in [2.24, 2.45) is 4.99 Å². The van der Waals surface area contributed by atoms with Crippen molar-refractivity contribution in [1.29, 1.82) is 0 Å². The van der Waals surface area contributed by atoms with Crippen molar-refractivity contribution in [3.63, 3.8) is 0 Å². The molecule has 0 saturated heterocycles. The van der Waals surface area contributed by atoms with Crippen LogP contribution in [0.4, 0.5) is 5.69 Å². The summed E-state index contributed by atoms with van der Waals surface area (Å²) in [7, 11) is 0. The Morgan fingerprint density at radius 2 is 2.00 bits per heavy atom. The predicted molar refractivity (Wildman–Crippen MR) is 71.4 cm³/mol. The van der Waals surface area contributed by atoms with E-state index >= 15 is 0 Å². The maximum absolute atomic E-state index is 5.87. The standard InChI is InChI=1S/C16H11NO/c1-2-7-13-12(6-1)15-14(17-13)9-8-11-5-3-4-10-18-16(11)15/h1-9H,10H2. The van der Waals surface area contributed by atoms with E-state index < -0.39 is 0 Å². The molecule has 0 aromatic heterocycles. The zero-order valence-corrected chi connectivity index (χ0v) is 9.76. The fraction of sp³-hybridized carbons (Fsp3) is 0.0625. The average molecular weight is 233 g/mol. The molecule has 2 nitrogen and oxygen atoms in total. The summed E-state index contributed by atoms with van der Waals surface area (Å²) in [6.45, 7) is 0.613. The van der Waals surface area contributed by atoms with Crippen molar-refractivity contribution in [1.82, 2.24) is 0 Å². The Labute approximate surface area is 105 Å². The highest BCUT2D eigenvalue weighted by Gasteiger charge is 2.18. The maximum atomic E-state index is 5.87. The Morgan fingerprint density at radius 1 is 1.06 bits per heavy atom. The molecule has 0 bridgehead atoms. The third-order valence-corrected chi connectivity index (χ3v) is 3.32. The number of rotatable bonds is 0. The van der Waals surface area contributed by atoms with Crippen molar-refractivity contribution in [2.45, 2.75) is 0 Å². The summed E-state index contributed by atoms with van der Waals surface area (Å²) in [5, 5.41) is 2.12. The molecule has 0 unspecified atom stereocenters. The number of benzene rings is 2. The monoisotopic (exact) mass is 233 g/mol. The van der Waals surface area contributed by atoms with Crippen LogP contribution in [0.5, 0.6) is 5.75 Å². The number of hydrogen-bond acceptors (Lipinski definition) is 2. The van der Waals surface area contributed by atoms with Crippen LogP contribution in [0.2, 0.25) is 0 Å². The summed E-state index contributed by atoms with van der Waals surface area (Å²) >= 11 is 0. The molecule has 2 aliphatic rings. The molecule has 0 saturated carbocycles. The van der Waals surface area contributed by atoms with E-state index in [2.05, 4.69) is 29.3 Å². The van der Waals surface area contributed by atoms with Gasteiger partial charge in [-0.2, -0.15) is 0 Å². The summed E-state index contributed by atoms with van der Waals surface area (Å²) in [5.41, 5.74) is 3.32. The van der Waals surface area contributed by atoms with Crippen LogP contribution in [-0.2, 0) is 0 Å². The van der Waals surface area contributed by atoms with E-state index in [1.807, 2.05) is 30.4 Å². The topological polar surface area (TPSA) is 21.6 Å². The second-order valence-corrected chi connectivity index (χ2v) is 4.41. The van der Waals surface area contributed by atoms with Crippen molar-refractivity contribution >= 4 is 11.8 Å². The lowest BCUT2D eigenvalue weighted by molar-refractivity contribution is 0.362. The summed E-state index contributed by atoms with van der Waals surface area (Å²) < 4.78 is 5.87. The van der Waals surface area contributed by atoms with Crippen LogP contribution in [-0.4, -0.2) is 6.61 Å². The zero-order chi connectivity index (χ0) is 11.9. The van der Waals surface area contributed by atoms with Gasteiger partial charge < -0.3 is 4.74 Å². The molecule has 0 spiro atoms. The first-order valence-corrected chi connectivity index (χ1v) is 6.04. The molecule has 2 aliphatic heterocycles. The molecule has 0 aliphatic carbocycles. The second kappa shape index (κ2) is 3.57. The molecule has 2 heterocycles. The molecule has 0 atom stereocenters. The molecule has 0 fully saturated rings. The predicted octanol–water partition coefficient (Wildman–Crippen LogP) is 2.35. The molecule has 0 amide bonds. The van der Waals surface area contributed by atoms with E-state index in [4.69, 9.17) is 4.74 Å².